The summed E-state index contributed by atoms with van der Waals surface area (Å²) in [5.41, 5.74) is 6.06. The van der Waals surface area contributed by atoms with E-state index in [-0.39, 0.29) is 0 Å². The van der Waals surface area contributed by atoms with Crippen LogP contribution in [0.15, 0.2) is 18.2 Å². The first kappa shape index (κ1) is 10.1. The molecule has 0 unspecified atom stereocenters. The molecule has 1 aromatic carbocycles. The molecule has 5 heteroatoms. The van der Waals surface area contributed by atoms with Crippen LogP contribution in [0.1, 0.15) is 11.1 Å². The smallest absolute Gasteiger partial charge is 0.220 e. The number of benzene rings is 1. The van der Waals surface area contributed by atoms with E-state index in [1.165, 1.54) is 22.5 Å². The number of hydrogen-bond donors (Lipinski definition) is 2. The summed E-state index contributed by atoms with van der Waals surface area (Å²) < 4.78 is 0. The second-order valence-electron chi connectivity index (χ2n) is 3.32. The lowest BCUT2D eigenvalue weighted by Gasteiger charge is -2.04. The number of nitrogens with one attached hydrogen (secondary N) is 1. The van der Waals surface area contributed by atoms with Crippen molar-refractivity contribution in [2.45, 2.75) is 13.8 Å². The van der Waals surface area contributed by atoms with E-state index in [4.69, 9.17) is 5.84 Å². The van der Waals surface area contributed by atoms with E-state index in [0.29, 0.717) is 5.13 Å². The average Bonchev–Trinajstić information content (AvgIpc) is 2.66. The Morgan fingerprint density at radius 1 is 1.20 bits per heavy atom. The van der Waals surface area contributed by atoms with Crippen LogP contribution in [-0.2, 0) is 0 Å². The molecule has 0 aliphatic carbocycles. The van der Waals surface area contributed by atoms with Gasteiger partial charge in [0.2, 0.25) is 5.13 Å². The molecule has 2 aromatic rings. The van der Waals surface area contributed by atoms with Crippen molar-refractivity contribution >= 4 is 16.5 Å². The third-order valence-electron chi connectivity index (χ3n) is 2.24. The van der Waals surface area contributed by atoms with Crippen molar-refractivity contribution in [2.75, 3.05) is 5.43 Å². The van der Waals surface area contributed by atoms with Crippen LogP contribution < -0.4 is 11.3 Å². The first-order chi connectivity index (χ1) is 7.22. The zero-order valence-electron chi connectivity index (χ0n) is 8.61. The highest BCUT2D eigenvalue weighted by atomic mass is 32.1. The number of nitrogens with two attached hydrogens (primary N) is 1. The fourth-order valence-electron chi connectivity index (χ4n) is 1.53. The molecule has 15 heavy (non-hydrogen) atoms. The van der Waals surface area contributed by atoms with Gasteiger partial charge in [0.1, 0.15) is 5.01 Å². The van der Waals surface area contributed by atoms with Crippen LogP contribution in [0.2, 0.25) is 0 Å². The van der Waals surface area contributed by atoms with Crippen molar-refractivity contribution in [1.82, 2.24) is 10.2 Å². The number of aromatic nitrogens is 2. The van der Waals surface area contributed by atoms with Crippen LogP contribution in [0, 0.1) is 13.8 Å². The predicted octanol–water partition coefficient (Wildman–Crippen LogP) is 2.11. The number of rotatable bonds is 2. The zero-order valence-corrected chi connectivity index (χ0v) is 9.43. The van der Waals surface area contributed by atoms with E-state index < -0.39 is 0 Å². The van der Waals surface area contributed by atoms with Crippen molar-refractivity contribution in [2.24, 2.45) is 5.84 Å². The lowest BCUT2D eigenvalue weighted by molar-refractivity contribution is 1.08. The molecule has 0 aliphatic rings. The summed E-state index contributed by atoms with van der Waals surface area (Å²) in [7, 11) is 0. The molecule has 0 spiro atoms. The highest BCUT2D eigenvalue weighted by molar-refractivity contribution is 7.18. The lowest BCUT2D eigenvalue weighted by Crippen LogP contribution is -2.05. The number of nitrogen functional groups attached to an aromatic ring is 1. The van der Waals surface area contributed by atoms with Gasteiger partial charge in [-0.3, -0.25) is 5.43 Å². The molecule has 0 fully saturated rings. The van der Waals surface area contributed by atoms with Crippen LogP contribution >= 0.6 is 11.3 Å². The molecule has 1 aromatic heterocycles. The highest BCUT2D eigenvalue weighted by Crippen LogP contribution is 2.30. The molecule has 0 radical (unpaired) electrons. The maximum absolute atomic E-state index is 5.28. The minimum absolute atomic E-state index is 0.632. The van der Waals surface area contributed by atoms with Crippen LogP contribution in [0.3, 0.4) is 0 Å². The van der Waals surface area contributed by atoms with Crippen molar-refractivity contribution in [1.29, 1.82) is 0 Å². The SMILES string of the molecule is Cc1cccc(C)c1-c1nnc(NN)s1. The molecular formula is C10H12N4S. The Kier molecular flexibility index (Phi) is 2.66. The fraction of sp³-hybridized carbons (Fsp3) is 0.200. The van der Waals surface area contributed by atoms with Gasteiger partial charge in [-0.15, -0.1) is 10.2 Å². The van der Waals surface area contributed by atoms with Gasteiger partial charge in [-0.1, -0.05) is 29.5 Å². The summed E-state index contributed by atoms with van der Waals surface area (Å²) in [4.78, 5) is 0. The largest absolute Gasteiger partial charge is 0.298 e. The van der Waals surface area contributed by atoms with Gasteiger partial charge in [-0.25, -0.2) is 5.84 Å². The Labute approximate surface area is 92.1 Å². The quantitative estimate of drug-likeness (QED) is 0.601. The minimum atomic E-state index is 0.632. The van der Waals surface area contributed by atoms with Crippen molar-refractivity contribution < 1.29 is 0 Å². The van der Waals surface area contributed by atoms with Crippen molar-refractivity contribution in [3.63, 3.8) is 0 Å². The van der Waals surface area contributed by atoms with Crippen LogP contribution in [0.4, 0.5) is 5.13 Å². The topological polar surface area (TPSA) is 63.8 Å². The average molecular weight is 220 g/mol. The van der Waals surface area contributed by atoms with Gasteiger partial charge in [0.25, 0.3) is 0 Å². The molecule has 0 saturated carbocycles. The summed E-state index contributed by atoms with van der Waals surface area (Å²) >= 11 is 1.46. The van der Waals surface area contributed by atoms with Crippen LogP contribution in [0.25, 0.3) is 10.6 Å². The maximum atomic E-state index is 5.28. The summed E-state index contributed by atoms with van der Waals surface area (Å²) in [5, 5.41) is 9.56. The molecule has 4 nitrogen and oxygen atoms in total. The molecule has 78 valence electrons. The second-order valence-corrected chi connectivity index (χ2v) is 4.30. The Bertz CT molecular complexity index is 458. The predicted molar refractivity (Wildman–Crippen MR) is 62.6 cm³/mol. The Hall–Kier alpha value is -1.46. The first-order valence-corrected chi connectivity index (χ1v) is 5.40. The molecule has 0 bridgehead atoms. The summed E-state index contributed by atoms with van der Waals surface area (Å²) in [6.07, 6.45) is 0. The third-order valence-corrected chi connectivity index (χ3v) is 3.12. The van der Waals surface area contributed by atoms with Crippen LogP contribution in [-0.4, -0.2) is 10.2 Å². The summed E-state index contributed by atoms with van der Waals surface area (Å²) in [6.45, 7) is 4.14. The van der Waals surface area contributed by atoms with Gasteiger partial charge in [-0.05, 0) is 25.0 Å². The van der Waals surface area contributed by atoms with Gasteiger partial charge in [-0.2, -0.15) is 0 Å². The third kappa shape index (κ3) is 1.84. The van der Waals surface area contributed by atoms with Gasteiger partial charge < -0.3 is 0 Å². The van der Waals surface area contributed by atoms with E-state index >= 15 is 0 Å². The standard InChI is InChI=1S/C10H12N4S/c1-6-4-3-5-7(2)8(6)9-13-14-10(12-11)15-9/h3-5H,11H2,1-2H3,(H,12,14). The van der Waals surface area contributed by atoms with Crippen LogP contribution in [0.5, 0.6) is 0 Å². The molecular weight excluding hydrogens is 208 g/mol. The van der Waals surface area contributed by atoms with E-state index in [2.05, 4.69) is 41.6 Å². The normalized spacial score (nSPS) is 10.3. The fourth-order valence-corrected chi connectivity index (χ4v) is 2.36. The second kappa shape index (κ2) is 3.96. The molecule has 2 rings (SSSR count). The Morgan fingerprint density at radius 2 is 1.87 bits per heavy atom. The van der Waals surface area contributed by atoms with E-state index in [1.807, 2.05) is 6.07 Å². The summed E-state index contributed by atoms with van der Waals surface area (Å²) in [6, 6.07) is 6.18. The van der Waals surface area contributed by atoms with Crippen molar-refractivity contribution in [3.05, 3.63) is 29.3 Å². The number of nitrogens with zero attached hydrogens (tertiary/aromatic N) is 2. The number of aryl methyl sites for hydroxylation is 2. The van der Waals surface area contributed by atoms with E-state index in [0.717, 1.165) is 10.6 Å². The van der Waals surface area contributed by atoms with E-state index in [9.17, 15) is 0 Å². The Morgan fingerprint density at radius 3 is 2.40 bits per heavy atom. The van der Waals surface area contributed by atoms with Gasteiger partial charge in [0.05, 0.1) is 0 Å². The summed E-state index contributed by atoms with van der Waals surface area (Å²) in [5.74, 6) is 5.28. The first-order valence-electron chi connectivity index (χ1n) is 4.59. The number of hydrazine groups is 1. The van der Waals surface area contributed by atoms with Gasteiger partial charge >= 0.3 is 0 Å². The molecule has 0 amide bonds. The lowest BCUT2D eigenvalue weighted by atomic mass is 10.0. The van der Waals surface area contributed by atoms with E-state index in [1.54, 1.807) is 0 Å². The molecule has 0 saturated heterocycles. The van der Waals surface area contributed by atoms with Crippen molar-refractivity contribution in [3.8, 4) is 10.6 Å². The zero-order chi connectivity index (χ0) is 10.8. The minimum Gasteiger partial charge on any atom is -0.298 e. The molecule has 1 heterocycles. The maximum Gasteiger partial charge on any atom is 0.220 e. The number of anilines is 1. The monoisotopic (exact) mass is 220 g/mol. The highest BCUT2D eigenvalue weighted by Gasteiger charge is 2.10. The molecule has 0 aliphatic heterocycles. The molecule has 3 N–H and O–H groups in total. The number of hydrogen-bond acceptors (Lipinski definition) is 5. The van der Waals surface area contributed by atoms with Gasteiger partial charge in [0, 0.05) is 5.56 Å². The Balaban J connectivity index is 2.53. The van der Waals surface area contributed by atoms with Gasteiger partial charge in [0.15, 0.2) is 0 Å². The molecule has 0 atom stereocenters.